The monoisotopic (exact) mass is 494 g/mol. The van der Waals surface area contributed by atoms with Crippen LogP contribution in [0, 0.1) is 37.8 Å². The number of carbonyl (C=O) groups is 2. The maximum Gasteiger partial charge on any atom is 0.355 e. The molecule has 0 aliphatic heterocycles. The van der Waals surface area contributed by atoms with Gasteiger partial charge in [-0.15, -0.1) is 0 Å². The van der Waals surface area contributed by atoms with Gasteiger partial charge in [0.15, 0.2) is 0 Å². The van der Waals surface area contributed by atoms with Crippen LogP contribution in [0.1, 0.15) is 57.1 Å². The Bertz CT molecular complexity index is 1480. The Morgan fingerprint density at radius 3 is 1.69 bits per heavy atom. The first kappa shape index (κ1) is 26.3. The van der Waals surface area contributed by atoms with Gasteiger partial charge in [0.05, 0.1) is 34.7 Å². The predicted molar refractivity (Wildman–Crippen MR) is 139 cm³/mol. The summed E-state index contributed by atoms with van der Waals surface area (Å²) in [6.07, 6.45) is 0. The second kappa shape index (κ2) is 10.5. The van der Waals surface area contributed by atoms with E-state index >= 15 is 0 Å². The number of H-pyrrole nitrogens is 2. The number of hydrogen-bond donors (Lipinski definition) is 3. The number of hydrogen-bond acceptors (Lipinski definition) is 7. The number of nitro groups is 1. The standard InChI is InChI=1S/C13H14N2O4.C13H16N2O2/c1-4-19-13(16)12-7(2)9-5-6-10(15(17)18)8(3)11(9)14-12;1-4-17-13(16)12-7(2)9-5-6-10(14)8(3)11(9)15-12/h5-6,14H,4H2,1-3H3;5-6,15H,4,14H2,1-3H3. The summed E-state index contributed by atoms with van der Waals surface area (Å²) >= 11 is 0. The zero-order chi connectivity index (χ0) is 26.7. The van der Waals surface area contributed by atoms with Gasteiger partial charge < -0.3 is 25.2 Å². The smallest absolute Gasteiger partial charge is 0.355 e. The van der Waals surface area contributed by atoms with Gasteiger partial charge in [0.2, 0.25) is 0 Å². The minimum absolute atomic E-state index is 0.0316. The SMILES string of the molecule is CCOC(=O)c1[nH]c2c(C)c(N)ccc2c1C.CCOC(=O)c1[nH]c2c(C)c([N+](=O)[O-])ccc2c1C. The van der Waals surface area contributed by atoms with Crippen LogP contribution in [0.4, 0.5) is 11.4 Å². The zero-order valence-corrected chi connectivity index (χ0v) is 21.2. The lowest BCUT2D eigenvalue weighted by Crippen LogP contribution is -2.06. The normalized spacial score (nSPS) is 10.7. The number of esters is 2. The maximum atomic E-state index is 11.8. The van der Waals surface area contributed by atoms with Crippen LogP contribution in [0.2, 0.25) is 0 Å². The third kappa shape index (κ3) is 4.74. The molecule has 0 aliphatic rings. The van der Waals surface area contributed by atoms with Crippen molar-refractivity contribution in [3.05, 3.63) is 68.0 Å². The summed E-state index contributed by atoms with van der Waals surface area (Å²) in [7, 11) is 0. The molecule has 0 amide bonds. The number of aryl methyl sites for hydroxylation is 4. The fourth-order valence-electron chi connectivity index (χ4n) is 4.10. The van der Waals surface area contributed by atoms with Gasteiger partial charge in [0.25, 0.3) is 5.69 Å². The minimum atomic E-state index is -0.446. The molecule has 0 saturated heterocycles. The fourth-order valence-corrected chi connectivity index (χ4v) is 4.10. The van der Waals surface area contributed by atoms with E-state index < -0.39 is 10.9 Å². The lowest BCUT2D eigenvalue weighted by atomic mass is 10.1. The zero-order valence-electron chi connectivity index (χ0n) is 21.2. The van der Waals surface area contributed by atoms with Crippen molar-refractivity contribution >= 4 is 45.1 Å². The molecule has 0 fully saturated rings. The Morgan fingerprint density at radius 1 is 0.806 bits per heavy atom. The van der Waals surface area contributed by atoms with Crippen molar-refractivity contribution in [2.75, 3.05) is 18.9 Å². The highest BCUT2D eigenvalue weighted by Crippen LogP contribution is 2.31. The third-order valence-corrected chi connectivity index (χ3v) is 6.16. The van der Waals surface area contributed by atoms with Crippen molar-refractivity contribution in [3.8, 4) is 0 Å². The average molecular weight is 495 g/mol. The van der Waals surface area contributed by atoms with E-state index in [0.29, 0.717) is 34.8 Å². The summed E-state index contributed by atoms with van der Waals surface area (Å²) in [5.41, 5.74) is 12.1. The lowest BCUT2D eigenvalue weighted by Gasteiger charge is -2.00. The molecule has 2 aromatic heterocycles. The lowest BCUT2D eigenvalue weighted by molar-refractivity contribution is -0.385. The number of fused-ring (bicyclic) bond motifs is 2. The molecule has 190 valence electrons. The molecule has 0 saturated carbocycles. The van der Waals surface area contributed by atoms with Crippen molar-refractivity contribution in [1.29, 1.82) is 0 Å². The summed E-state index contributed by atoms with van der Waals surface area (Å²) in [6.45, 7) is 11.5. The van der Waals surface area contributed by atoms with Crippen molar-refractivity contribution < 1.29 is 24.0 Å². The number of nitrogens with two attached hydrogens (primary N) is 1. The molecule has 4 N–H and O–H groups in total. The van der Waals surface area contributed by atoms with Crippen LogP contribution in [-0.2, 0) is 9.47 Å². The number of aromatic amines is 2. The summed E-state index contributed by atoms with van der Waals surface area (Å²) < 4.78 is 9.96. The maximum absolute atomic E-state index is 11.8. The average Bonchev–Trinajstić information content (AvgIpc) is 3.35. The van der Waals surface area contributed by atoms with Gasteiger partial charge >= 0.3 is 11.9 Å². The number of nitrogens with one attached hydrogen (secondary N) is 2. The van der Waals surface area contributed by atoms with Crippen molar-refractivity contribution in [2.45, 2.75) is 41.5 Å². The van der Waals surface area contributed by atoms with Crippen LogP contribution >= 0.6 is 0 Å². The molecule has 4 aromatic rings. The van der Waals surface area contributed by atoms with Crippen LogP contribution in [-0.4, -0.2) is 40.0 Å². The van der Waals surface area contributed by atoms with Gasteiger partial charge in [-0.25, -0.2) is 9.59 Å². The molecule has 2 heterocycles. The topological polar surface area (TPSA) is 153 Å². The molecule has 0 unspecified atom stereocenters. The largest absolute Gasteiger partial charge is 0.461 e. The highest BCUT2D eigenvalue weighted by Gasteiger charge is 2.21. The number of nitrogen functional groups attached to an aromatic ring is 1. The Morgan fingerprint density at radius 2 is 1.25 bits per heavy atom. The van der Waals surface area contributed by atoms with E-state index in [2.05, 4.69) is 9.97 Å². The van der Waals surface area contributed by atoms with Gasteiger partial charge in [0.1, 0.15) is 11.4 Å². The van der Waals surface area contributed by atoms with Gasteiger partial charge in [-0.2, -0.15) is 0 Å². The number of anilines is 1. The number of ether oxygens (including phenoxy) is 2. The molecular formula is C26H30N4O6. The number of benzene rings is 2. The van der Waals surface area contributed by atoms with E-state index in [-0.39, 0.29) is 18.3 Å². The van der Waals surface area contributed by atoms with E-state index in [1.165, 1.54) is 6.07 Å². The van der Waals surface area contributed by atoms with E-state index in [4.69, 9.17) is 15.2 Å². The summed E-state index contributed by atoms with van der Waals surface area (Å²) in [5, 5.41) is 12.7. The van der Waals surface area contributed by atoms with Gasteiger partial charge in [-0.3, -0.25) is 10.1 Å². The highest BCUT2D eigenvalue weighted by atomic mass is 16.6. The molecule has 0 atom stereocenters. The quantitative estimate of drug-likeness (QED) is 0.145. The van der Waals surface area contributed by atoms with E-state index in [9.17, 15) is 19.7 Å². The van der Waals surface area contributed by atoms with Crippen molar-refractivity contribution in [2.24, 2.45) is 0 Å². The number of aromatic nitrogens is 2. The number of rotatable bonds is 5. The summed E-state index contributed by atoms with van der Waals surface area (Å²) in [4.78, 5) is 40.0. The first-order valence-electron chi connectivity index (χ1n) is 11.5. The van der Waals surface area contributed by atoms with Crippen LogP contribution in [0.15, 0.2) is 24.3 Å². The Hall–Kier alpha value is -4.34. The Kier molecular flexibility index (Phi) is 7.67. The Labute approximate surface area is 207 Å². The molecule has 10 nitrogen and oxygen atoms in total. The first-order chi connectivity index (χ1) is 17.0. The molecule has 0 bridgehead atoms. The number of carbonyl (C=O) groups excluding carboxylic acids is 2. The van der Waals surface area contributed by atoms with Gasteiger partial charge in [-0.1, -0.05) is 6.07 Å². The minimum Gasteiger partial charge on any atom is -0.461 e. The predicted octanol–water partition coefficient (Wildman–Crippen LogP) is 5.41. The van der Waals surface area contributed by atoms with Gasteiger partial charge in [0, 0.05) is 22.5 Å². The molecule has 4 rings (SSSR count). The van der Waals surface area contributed by atoms with Crippen LogP contribution in [0.25, 0.3) is 21.8 Å². The molecular weight excluding hydrogens is 464 g/mol. The molecule has 0 radical (unpaired) electrons. The second-order valence-electron chi connectivity index (χ2n) is 8.28. The van der Waals surface area contributed by atoms with Gasteiger partial charge in [-0.05, 0) is 70.4 Å². The van der Waals surface area contributed by atoms with E-state index in [0.717, 1.165) is 33.0 Å². The second-order valence-corrected chi connectivity index (χ2v) is 8.28. The van der Waals surface area contributed by atoms with Crippen molar-refractivity contribution in [1.82, 2.24) is 9.97 Å². The van der Waals surface area contributed by atoms with Crippen LogP contribution in [0.3, 0.4) is 0 Å². The van der Waals surface area contributed by atoms with Crippen LogP contribution in [0.5, 0.6) is 0 Å². The number of nitro benzene ring substituents is 1. The molecule has 10 heteroatoms. The highest BCUT2D eigenvalue weighted by molar-refractivity contribution is 6.01. The molecule has 2 aromatic carbocycles. The summed E-state index contributed by atoms with van der Waals surface area (Å²) in [6, 6.07) is 6.88. The van der Waals surface area contributed by atoms with E-state index in [1.54, 1.807) is 33.8 Å². The Balaban J connectivity index is 0.000000202. The van der Waals surface area contributed by atoms with Crippen LogP contribution < -0.4 is 5.73 Å². The van der Waals surface area contributed by atoms with E-state index in [1.807, 2.05) is 26.0 Å². The third-order valence-electron chi connectivity index (χ3n) is 6.16. The fraction of sp³-hybridized carbons (Fsp3) is 0.308. The summed E-state index contributed by atoms with van der Waals surface area (Å²) in [5.74, 6) is -0.766. The molecule has 36 heavy (non-hydrogen) atoms. The first-order valence-corrected chi connectivity index (χ1v) is 11.5. The molecule has 0 spiro atoms. The van der Waals surface area contributed by atoms with Crippen molar-refractivity contribution in [3.63, 3.8) is 0 Å². The number of nitrogens with zero attached hydrogens (tertiary/aromatic N) is 1. The molecule has 0 aliphatic carbocycles.